The second-order valence-corrected chi connectivity index (χ2v) is 8.21. The maximum Gasteiger partial charge on any atom is 0.425 e. The molecule has 0 radical (unpaired) electrons. The van der Waals surface area contributed by atoms with Crippen molar-refractivity contribution in [3.05, 3.63) is 65.4 Å². The molecule has 2 aromatic carbocycles. The number of hydrazone groups is 1. The van der Waals surface area contributed by atoms with Gasteiger partial charge in [-0.15, -0.1) is 0 Å². The Hall–Kier alpha value is -3.37. The second-order valence-electron chi connectivity index (χ2n) is 7.86. The van der Waals surface area contributed by atoms with Crippen LogP contribution in [0.4, 0.5) is 18.9 Å². The number of pyridine rings is 1. The van der Waals surface area contributed by atoms with Crippen LogP contribution in [0.25, 0.3) is 10.8 Å². The van der Waals surface area contributed by atoms with Gasteiger partial charge in [0.05, 0.1) is 17.7 Å². The van der Waals surface area contributed by atoms with E-state index in [0.29, 0.717) is 36.5 Å². The van der Waals surface area contributed by atoms with Crippen LogP contribution < -0.4 is 9.75 Å². The summed E-state index contributed by atoms with van der Waals surface area (Å²) in [6.45, 7) is 3.40. The van der Waals surface area contributed by atoms with Gasteiger partial charge in [0, 0.05) is 25.9 Å². The molecule has 1 unspecified atom stereocenters. The summed E-state index contributed by atoms with van der Waals surface area (Å²) >= 11 is 6.19. The number of halogens is 4. The molecule has 3 aromatic rings. The normalized spacial score (nSPS) is 12.9. The number of carbonyl (C=O) groups is 1. The molecule has 0 spiro atoms. The van der Waals surface area contributed by atoms with Gasteiger partial charge >= 0.3 is 6.18 Å². The number of benzene rings is 2. The van der Waals surface area contributed by atoms with E-state index in [4.69, 9.17) is 21.1 Å². The van der Waals surface area contributed by atoms with E-state index in [0.717, 1.165) is 12.5 Å². The summed E-state index contributed by atoms with van der Waals surface area (Å²) in [7, 11) is 1.61. The zero-order valence-corrected chi connectivity index (χ0v) is 20.8. The van der Waals surface area contributed by atoms with Gasteiger partial charge in [-0.2, -0.15) is 18.3 Å². The number of aromatic nitrogens is 1. The van der Waals surface area contributed by atoms with E-state index >= 15 is 0 Å². The number of nitrogens with zero attached hydrogens (tertiary/aromatic N) is 4. The van der Waals surface area contributed by atoms with Gasteiger partial charge < -0.3 is 9.47 Å². The molecular weight excluding hydrogens is 497 g/mol. The number of fused-ring (bicyclic) bond motifs is 1. The molecule has 1 amide bonds. The van der Waals surface area contributed by atoms with E-state index < -0.39 is 12.3 Å². The van der Waals surface area contributed by atoms with Crippen molar-refractivity contribution in [2.24, 2.45) is 5.10 Å². The SMILES string of the molecule is CCN(C=O)/C(COCc1ccccc1)=N\N(C)c1cc(OC(C)C(F)(F)F)c2c(Cl)nccc2c1. The van der Waals surface area contributed by atoms with Crippen molar-refractivity contribution in [2.75, 3.05) is 25.2 Å². The smallest absolute Gasteiger partial charge is 0.425 e. The Labute approximate surface area is 212 Å². The zero-order chi connectivity index (χ0) is 26.3. The van der Waals surface area contributed by atoms with E-state index in [2.05, 4.69) is 10.1 Å². The second kappa shape index (κ2) is 12.0. The first kappa shape index (κ1) is 27.2. The number of amidine groups is 1. The van der Waals surface area contributed by atoms with E-state index in [1.807, 2.05) is 30.3 Å². The average molecular weight is 523 g/mol. The van der Waals surface area contributed by atoms with Crippen LogP contribution in [0.5, 0.6) is 5.75 Å². The third kappa shape index (κ3) is 6.86. The topological polar surface area (TPSA) is 67.3 Å². The van der Waals surface area contributed by atoms with E-state index in [1.165, 1.54) is 22.2 Å². The lowest BCUT2D eigenvalue weighted by Gasteiger charge is -2.23. The highest BCUT2D eigenvalue weighted by Crippen LogP contribution is 2.37. The van der Waals surface area contributed by atoms with Gasteiger partial charge in [0.2, 0.25) is 6.41 Å². The molecule has 192 valence electrons. The number of alkyl halides is 3. The monoisotopic (exact) mass is 522 g/mol. The molecule has 0 fully saturated rings. The molecule has 0 saturated carbocycles. The summed E-state index contributed by atoms with van der Waals surface area (Å²) in [4.78, 5) is 17.0. The van der Waals surface area contributed by atoms with Crippen LogP contribution in [0, 0.1) is 0 Å². The fourth-order valence-electron chi connectivity index (χ4n) is 3.31. The molecule has 0 aliphatic heterocycles. The van der Waals surface area contributed by atoms with Crippen molar-refractivity contribution < 1.29 is 27.4 Å². The summed E-state index contributed by atoms with van der Waals surface area (Å²) < 4.78 is 50.7. The highest BCUT2D eigenvalue weighted by molar-refractivity contribution is 6.34. The third-order valence-corrected chi connectivity index (χ3v) is 5.60. The number of hydrogen-bond acceptors (Lipinski definition) is 6. The molecule has 1 heterocycles. The van der Waals surface area contributed by atoms with Gasteiger partial charge in [0.15, 0.2) is 11.9 Å². The Morgan fingerprint density at radius 1 is 1.22 bits per heavy atom. The van der Waals surface area contributed by atoms with Gasteiger partial charge in [-0.05, 0) is 36.9 Å². The largest absolute Gasteiger partial charge is 0.480 e. The van der Waals surface area contributed by atoms with Gasteiger partial charge in [0.1, 0.15) is 17.5 Å². The molecule has 11 heteroatoms. The summed E-state index contributed by atoms with van der Waals surface area (Å²) in [5.41, 5.74) is 1.37. The van der Waals surface area contributed by atoms with Crippen molar-refractivity contribution >= 4 is 40.3 Å². The number of ether oxygens (including phenoxy) is 2. The number of hydrogen-bond donors (Lipinski definition) is 0. The Bertz CT molecular complexity index is 1210. The predicted molar refractivity (Wildman–Crippen MR) is 133 cm³/mol. The summed E-state index contributed by atoms with van der Waals surface area (Å²) in [6.07, 6.45) is -4.56. The maximum absolute atomic E-state index is 13.2. The van der Waals surface area contributed by atoms with Crippen molar-refractivity contribution in [3.8, 4) is 5.75 Å². The van der Waals surface area contributed by atoms with Gasteiger partial charge in [0.25, 0.3) is 0 Å². The Morgan fingerprint density at radius 3 is 2.58 bits per heavy atom. The van der Waals surface area contributed by atoms with Crippen LogP contribution in [0.15, 0.2) is 59.8 Å². The number of likely N-dealkylation sites (N-methyl/N-ethyl adjacent to an activating group) is 1. The number of carbonyl (C=O) groups excluding carboxylic acids is 1. The minimum atomic E-state index is -4.57. The van der Waals surface area contributed by atoms with Crippen LogP contribution >= 0.6 is 11.6 Å². The molecule has 1 aromatic heterocycles. The summed E-state index contributed by atoms with van der Waals surface area (Å²) in [5, 5.41) is 6.74. The Balaban J connectivity index is 1.94. The standard InChI is InChI=1S/C25H26ClF3N4O3/c1-4-33(16-34)22(15-35-14-18-8-6-5-7-9-18)31-32(3)20-12-19-10-11-30-24(26)23(19)21(13-20)36-17(2)25(27,28)29/h5-13,16-17H,4,14-15H2,1-3H3/b31-22-. The van der Waals surface area contributed by atoms with Crippen LogP contribution in [0.2, 0.25) is 5.15 Å². The van der Waals surface area contributed by atoms with E-state index in [9.17, 15) is 18.0 Å². The quantitative estimate of drug-likeness (QED) is 0.113. The van der Waals surface area contributed by atoms with Crippen molar-refractivity contribution in [2.45, 2.75) is 32.7 Å². The Kier molecular flexibility index (Phi) is 9.11. The van der Waals surface area contributed by atoms with Gasteiger partial charge in [-0.3, -0.25) is 14.7 Å². The van der Waals surface area contributed by atoms with Gasteiger partial charge in [-0.25, -0.2) is 4.98 Å². The van der Waals surface area contributed by atoms with Gasteiger partial charge in [-0.1, -0.05) is 41.9 Å². The first-order valence-electron chi connectivity index (χ1n) is 11.1. The molecule has 1 atom stereocenters. The lowest BCUT2D eigenvalue weighted by molar-refractivity contribution is -0.188. The molecule has 7 nitrogen and oxygen atoms in total. The fraction of sp³-hybridized carbons (Fsp3) is 0.320. The van der Waals surface area contributed by atoms with E-state index in [-0.39, 0.29) is 22.9 Å². The van der Waals surface area contributed by atoms with Crippen molar-refractivity contribution in [1.82, 2.24) is 9.88 Å². The molecular formula is C25H26ClF3N4O3. The molecule has 0 aliphatic rings. The molecule has 3 rings (SSSR count). The summed E-state index contributed by atoms with van der Waals surface area (Å²) in [6, 6.07) is 14.2. The number of amides is 1. The predicted octanol–water partition coefficient (Wildman–Crippen LogP) is 5.66. The molecule has 36 heavy (non-hydrogen) atoms. The first-order valence-corrected chi connectivity index (χ1v) is 11.5. The van der Waals surface area contributed by atoms with Crippen molar-refractivity contribution in [1.29, 1.82) is 0 Å². The lowest BCUT2D eigenvalue weighted by Crippen LogP contribution is -2.35. The van der Waals surface area contributed by atoms with Crippen LogP contribution in [0.3, 0.4) is 0 Å². The van der Waals surface area contributed by atoms with E-state index in [1.54, 1.807) is 26.1 Å². The van der Waals surface area contributed by atoms with Crippen LogP contribution in [0.1, 0.15) is 19.4 Å². The fourth-order valence-corrected chi connectivity index (χ4v) is 3.57. The number of rotatable bonds is 10. The highest BCUT2D eigenvalue weighted by atomic mass is 35.5. The Morgan fingerprint density at radius 2 is 1.94 bits per heavy atom. The molecule has 0 bridgehead atoms. The summed E-state index contributed by atoms with van der Waals surface area (Å²) in [5.74, 6) is 0.238. The van der Waals surface area contributed by atoms with Crippen molar-refractivity contribution in [3.63, 3.8) is 0 Å². The maximum atomic E-state index is 13.2. The molecule has 0 N–H and O–H groups in total. The molecule has 0 aliphatic carbocycles. The molecule has 0 saturated heterocycles. The zero-order valence-electron chi connectivity index (χ0n) is 20.0. The van der Waals surface area contributed by atoms with Crippen LogP contribution in [-0.2, 0) is 16.1 Å². The minimum absolute atomic E-state index is 0.0164. The first-order chi connectivity index (χ1) is 17.1. The third-order valence-electron chi connectivity index (χ3n) is 5.31. The average Bonchev–Trinajstić information content (AvgIpc) is 2.84. The number of anilines is 1. The highest BCUT2D eigenvalue weighted by Gasteiger charge is 2.38. The minimum Gasteiger partial charge on any atom is -0.480 e. The lowest BCUT2D eigenvalue weighted by atomic mass is 10.1. The van der Waals surface area contributed by atoms with Crippen LogP contribution in [-0.4, -0.2) is 54.6 Å².